The van der Waals surface area contributed by atoms with Crippen LogP contribution in [0.25, 0.3) is 0 Å². The summed E-state index contributed by atoms with van der Waals surface area (Å²) in [5.74, 6) is 0.160. The molecule has 0 radical (unpaired) electrons. The van der Waals surface area contributed by atoms with Crippen LogP contribution in [-0.2, 0) is 10.2 Å². The minimum absolute atomic E-state index is 0.177. The van der Waals surface area contributed by atoms with Gasteiger partial charge in [-0.05, 0) is 48.2 Å². The Bertz CT molecular complexity index is 859. The predicted octanol–water partition coefficient (Wildman–Crippen LogP) is 7.48. The Hall–Kier alpha value is -1.13. The number of rotatable bonds is 4. The van der Waals surface area contributed by atoms with Crippen LogP contribution in [0.2, 0.25) is 20.1 Å². The van der Waals surface area contributed by atoms with Gasteiger partial charge in [-0.3, -0.25) is 4.79 Å². The average Bonchev–Trinajstić information content (AvgIpc) is 2.64. The number of benzene rings is 2. The summed E-state index contributed by atoms with van der Waals surface area (Å²) in [6.45, 7) is 1.31. The fourth-order valence-corrected chi connectivity index (χ4v) is 5.21. The van der Waals surface area contributed by atoms with Crippen LogP contribution in [0.15, 0.2) is 24.3 Å². The van der Waals surface area contributed by atoms with Gasteiger partial charge < -0.3 is 9.47 Å². The Morgan fingerprint density at radius 1 is 0.821 bits per heavy atom. The fraction of sp³-hybridized carbons (Fsp3) is 0.381. The molecule has 1 fully saturated rings. The monoisotopic (exact) mass is 460 g/mol. The standard InChI is InChI=1S/C21H20Cl4O3/c1-12(26)28-20-17(24)10-14(11-18(20)25)21(6-4-3-5-7-21)13-8-15(22)19(27-2)16(23)9-13/h8-11H,3-7H2,1-2H3. The molecule has 7 heteroatoms. The third-order valence-electron chi connectivity index (χ3n) is 5.26. The van der Waals surface area contributed by atoms with E-state index in [1.54, 1.807) is 0 Å². The third kappa shape index (κ3) is 4.09. The molecular formula is C21H20Cl4O3. The molecule has 0 bridgehead atoms. The maximum absolute atomic E-state index is 11.3. The summed E-state index contributed by atoms with van der Waals surface area (Å²) in [4.78, 5) is 11.3. The molecule has 0 atom stereocenters. The van der Waals surface area contributed by atoms with Crippen LogP contribution in [0.3, 0.4) is 0 Å². The second-order valence-corrected chi connectivity index (χ2v) is 8.61. The zero-order valence-corrected chi connectivity index (χ0v) is 18.6. The Balaban J connectivity index is 2.17. The Kier molecular flexibility index (Phi) is 6.71. The van der Waals surface area contributed by atoms with Crippen molar-refractivity contribution >= 4 is 52.4 Å². The van der Waals surface area contributed by atoms with Crippen LogP contribution in [0.4, 0.5) is 0 Å². The van der Waals surface area contributed by atoms with E-state index in [2.05, 4.69) is 0 Å². The zero-order chi connectivity index (χ0) is 20.5. The molecule has 28 heavy (non-hydrogen) atoms. The van der Waals surface area contributed by atoms with E-state index in [0.717, 1.165) is 43.2 Å². The van der Waals surface area contributed by atoms with Gasteiger partial charge in [0, 0.05) is 12.3 Å². The van der Waals surface area contributed by atoms with E-state index >= 15 is 0 Å². The first-order chi connectivity index (χ1) is 13.3. The van der Waals surface area contributed by atoms with Crippen molar-refractivity contribution in [2.24, 2.45) is 0 Å². The zero-order valence-electron chi connectivity index (χ0n) is 15.6. The molecule has 0 heterocycles. The largest absolute Gasteiger partial charge is 0.494 e. The molecule has 2 aromatic rings. The molecule has 150 valence electrons. The minimum Gasteiger partial charge on any atom is -0.494 e. The molecule has 0 aliphatic heterocycles. The lowest BCUT2D eigenvalue weighted by atomic mass is 9.65. The lowest BCUT2D eigenvalue weighted by molar-refractivity contribution is -0.131. The molecule has 3 rings (SSSR count). The number of carbonyl (C=O) groups excluding carboxylic acids is 1. The number of ether oxygens (including phenoxy) is 2. The van der Waals surface area contributed by atoms with E-state index in [-0.39, 0.29) is 11.2 Å². The molecule has 1 saturated carbocycles. The van der Waals surface area contributed by atoms with E-state index in [1.165, 1.54) is 14.0 Å². The van der Waals surface area contributed by atoms with Gasteiger partial charge in [0.1, 0.15) is 0 Å². The summed E-state index contributed by atoms with van der Waals surface area (Å²) in [7, 11) is 1.54. The van der Waals surface area contributed by atoms with Crippen molar-refractivity contribution in [2.45, 2.75) is 44.4 Å². The summed E-state index contributed by atoms with van der Waals surface area (Å²) < 4.78 is 10.5. The van der Waals surface area contributed by atoms with Gasteiger partial charge in [-0.25, -0.2) is 0 Å². The van der Waals surface area contributed by atoms with Gasteiger partial charge in [-0.1, -0.05) is 65.7 Å². The maximum atomic E-state index is 11.3. The molecule has 0 spiro atoms. The molecule has 1 aliphatic rings. The van der Waals surface area contributed by atoms with Crippen molar-refractivity contribution in [3.05, 3.63) is 55.5 Å². The number of halogens is 4. The first-order valence-electron chi connectivity index (χ1n) is 9.00. The molecule has 0 saturated heterocycles. The Morgan fingerprint density at radius 2 is 1.25 bits per heavy atom. The fourth-order valence-electron chi connectivity index (χ4n) is 4.01. The Labute approximate surface area is 184 Å². The highest BCUT2D eigenvalue weighted by Gasteiger charge is 2.37. The van der Waals surface area contributed by atoms with Crippen LogP contribution in [0, 0.1) is 0 Å². The van der Waals surface area contributed by atoms with Gasteiger partial charge in [-0.2, -0.15) is 0 Å². The van der Waals surface area contributed by atoms with Gasteiger partial charge in [0.15, 0.2) is 11.5 Å². The van der Waals surface area contributed by atoms with Crippen LogP contribution >= 0.6 is 46.4 Å². The quantitative estimate of drug-likeness (QED) is 0.349. The number of hydrogen-bond acceptors (Lipinski definition) is 3. The average molecular weight is 462 g/mol. The van der Waals surface area contributed by atoms with Crippen molar-refractivity contribution in [2.75, 3.05) is 7.11 Å². The van der Waals surface area contributed by atoms with Gasteiger partial charge in [0.05, 0.1) is 27.2 Å². The lowest BCUT2D eigenvalue weighted by Gasteiger charge is -2.39. The molecule has 0 aromatic heterocycles. The maximum Gasteiger partial charge on any atom is 0.308 e. The van der Waals surface area contributed by atoms with Crippen LogP contribution in [-0.4, -0.2) is 13.1 Å². The van der Waals surface area contributed by atoms with E-state index in [0.29, 0.717) is 25.8 Å². The molecule has 2 aromatic carbocycles. The van der Waals surface area contributed by atoms with Gasteiger partial charge in [0.25, 0.3) is 0 Å². The topological polar surface area (TPSA) is 35.5 Å². The van der Waals surface area contributed by atoms with Crippen molar-refractivity contribution in [1.82, 2.24) is 0 Å². The van der Waals surface area contributed by atoms with Crippen LogP contribution in [0.5, 0.6) is 11.5 Å². The second kappa shape index (κ2) is 8.71. The number of carbonyl (C=O) groups is 1. The van der Waals surface area contributed by atoms with Gasteiger partial charge >= 0.3 is 5.97 Å². The molecule has 1 aliphatic carbocycles. The van der Waals surface area contributed by atoms with Crippen LogP contribution < -0.4 is 9.47 Å². The van der Waals surface area contributed by atoms with Gasteiger partial charge in [0.2, 0.25) is 0 Å². The molecule has 0 amide bonds. The van der Waals surface area contributed by atoms with E-state index in [4.69, 9.17) is 55.9 Å². The van der Waals surface area contributed by atoms with E-state index in [1.807, 2.05) is 24.3 Å². The Morgan fingerprint density at radius 3 is 1.64 bits per heavy atom. The summed E-state index contributed by atoms with van der Waals surface area (Å²) in [5, 5.41) is 1.52. The SMILES string of the molecule is COc1c(Cl)cc(C2(c3cc(Cl)c(OC(C)=O)c(Cl)c3)CCCCC2)cc1Cl. The van der Waals surface area contributed by atoms with Crippen molar-refractivity contribution in [3.63, 3.8) is 0 Å². The summed E-state index contributed by atoms with van der Waals surface area (Å²) in [5.41, 5.74) is 1.62. The van der Waals surface area contributed by atoms with Gasteiger partial charge in [-0.15, -0.1) is 0 Å². The van der Waals surface area contributed by atoms with Crippen molar-refractivity contribution < 1.29 is 14.3 Å². The molecular weight excluding hydrogens is 442 g/mol. The highest BCUT2D eigenvalue weighted by molar-refractivity contribution is 6.38. The normalized spacial score (nSPS) is 15.9. The second-order valence-electron chi connectivity index (χ2n) is 6.98. The molecule has 0 N–H and O–H groups in total. The number of methoxy groups -OCH3 is 1. The summed E-state index contributed by atoms with van der Waals surface area (Å²) in [6.07, 6.45) is 5.09. The molecule has 3 nitrogen and oxygen atoms in total. The first-order valence-corrected chi connectivity index (χ1v) is 10.5. The third-order valence-corrected chi connectivity index (χ3v) is 6.38. The predicted molar refractivity (Wildman–Crippen MR) is 115 cm³/mol. The molecule has 0 unspecified atom stereocenters. The smallest absolute Gasteiger partial charge is 0.308 e. The summed E-state index contributed by atoms with van der Waals surface area (Å²) >= 11 is 25.7. The number of esters is 1. The first kappa shape index (κ1) is 21.6. The lowest BCUT2D eigenvalue weighted by Crippen LogP contribution is -2.30. The van der Waals surface area contributed by atoms with Crippen molar-refractivity contribution in [3.8, 4) is 11.5 Å². The van der Waals surface area contributed by atoms with E-state index in [9.17, 15) is 4.79 Å². The van der Waals surface area contributed by atoms with Crippen molar-refractivity contribution in [1.29, 1.82) is 0 Å². The minimum atomic E-state index is -0.474. The van der Waals surface area contributed by atoms with E-state index < -0.39 is 5.97 Å². The van der Waals surface area contributed by atoms with Crippen LogP contribution in [0.1, 0.15) is 50.2 Å². The summed E-state index contributed by atoms with van der Waals surface area (Å²) in [6, 6.07) is 7.45. The highest BCUT2D eigenvalue weighted by Crippen LogP contribution is 2.50. The highest BCUT2D eigenvalue weighted by atomic mass is 35.5. The number of hydrogen-bond donors (Lipinski definition) is 0.